The van der Waals surface area contributed by atoms with E-state index >= 15 is 0 Å². The quantitative estimate of drug-likeness (QED) is 0.835. The van der Waals surface area contributed by atoms with Gasteiger partial charge >= 0.3 is 0 Å². The fourth-order valence-corrected chi connectivity index (χ4v) is 3.93. The zero-order valence-electron chi connectivity index (χ0n) is 15.7. The number of nitrogens with one attached hydrogen (secondary N) is 1. The molecule has 0 saturated carbocycles. The van der Waals surface area contributed by atoms with Crippen molar-refractivity contribution < 1.29 is 9.21 Å². The molecule has 0 aliphatic carbocycles. The Balaban J connectivity index is 1.62. The lowest BCUT2D eigenvalue weighted by Crippen LogP contribution is -2.38. The van der Waals surface area contributed by atoms with Gasteiger partial charge in [0.15, 0.2) is 0 Å². The Kier molecular flexibility index (Phi) is 6.12. The molecule has 1 aliphatic rings. The molecule has 5 heteroatoms. The zero-order valence-corrected chi connectivity index (χ0v) is 15.7. The minimum atomic E-state index is -0.136. The lowest BCUT2D eigenvalue weighted by Gasteiger charge is -2.35. The van der Waals surface area contributed by atoms with Gasteiger partial charge in [-0.3, -0.25) is 9.69 Å². The number of furan rings is 1. The second-order valence-electron chi connectivity index (χ2n) is 7.60. The SMILES string of the molecule is CC1CC(C)CN(Cc2ccccc2CNC(=O)c2coc(CN)c2)C1. The molecule has 2 atom stereocenters. The molecule has 140 valence electrons. The van der Waals surface area contributed by atoms with Crippen molar-refractivity contribution in [2.75, 3.05) is 13.1 Å². The number of nitrogens with two attached hydrogens (primary N) is 1. The Morgan fingerprint density at radius 1 is 1.23 bits per heavy atom. The van der Waals surface area contributed by atoms with Gasteiger partial charge in [-0.25, -0.2) is 0 Å². The summed E-state index contributed by atoms with van der Waals surface area (Å²) in [6.07, 6.45) is 2.77. The molecular weight excluding hydrogens is 326 g/mol. The molecule has 1 aliphatic heterocycles. The number of carbonyl (C=O) groups is 1. The highest BCUT2D eigenvalue weighted by molar-refractivity contribution is 5.93. The summed E-state index contributed by atoms with van der Waals surface area (Å²) < 4.78 is 5.24. The molecule has 3 N–H and O–H groups in total. The summed E-state index contributed by atoms with van der Waals surface area (Å²) in [5.74, 6) is 1.96. The Labute approximate surface area is 155 Å². The highest BCUT2D eigenvalue weighted by Crippen LogP contribution is 2.23. The van der Waals surface area contributed by atoms with Gasteiger partial charge in [0.1, 0.15) is 12.0 Å². The van der Waals surface area contributed by atoms with E-state index in [9.17, 15) is 4.79 Å². The fourth-order valence-electron chi connectivity index (χ4n) is 3.93. The summed E-state index contributed by atoms with van der Waals surface area (Å²) in [6.45, 7) is 8.68. The molecule has 1 aromatic carbocycles. The number of likely N-dealkylation sites (tertiary alicyclic amines) is 1. The number of rotatable bonds is 6. The predicted octanol–water partition coefficient (Wildman–Crippen LogP) is 3.15. The van der Waals surface area contributed by atoms with Crippen LogP contribution in [-0.4, -0.2) is 23.9 Å². The Hall–Kier alpha value is -2.11. The topological polar surface area (TPSA) is 71.5 Å². The third-order valence-corrected chi connectivity index (χ3v) is 5.01. The number of piperidine rings is 1. The van der Waals surface area contributed by atoms with Crippen LogP contribution in [0.2, 0.25) is 0 Å². The van der Waals surface area contributed by atoms with Gasteiger partial charge in [-0.1, -0.05) is 38.1 Å². The van der Waals surface area contributed by atoms with Crippen molar-refractivity contribution in [1.82, 2.24) is 10.2 Å². The van der Waals surface area contributed by atoms with Crippen molar-refractivity contribution in [2.24, 2.45) is 17.6 Å². The number of carbonyl (C=O) groups excluding carboxylic acids is 1. The number of hydrogen-bond acceptors (Lipinski definition) is 4. The van der Waals surface area contributed by atoms with Gasteiger partial charge in [-0.05, 0) is 35.4 Å². The van der Waals surface area contributed by atoms with Crippen molar-refractivity contribution in [3.8, 4) is 0 Å². The van der Waals surface area contributed by atoms with E-state index in [2.05, 4.69) is 42.3 Å². The molecule has 1 fully saturated rings. The highest BCUT2D eigenvalue weighted by atomic mass is 16.3. The molecule has 1 amide bonds. The molecular formula is C21H29N3O2. The molecule has 0 spiro atoms. The van der Waals surface area contributed by atoms with Crippen molar-refractivity contribution in [2.45, 2.75) is 39.9 Å². The van der Waals surface area contributed by atoms with E-state index in [1.807, 2.05) is 6.07 Å². The summed E-state index contributed by atoms with van der Waals surface area (Å²) in [5.41, 5.74) is 8.48. The average molecular weight is 355 g/mol. The van der Waals surface area contributed by atoms with Gasteiger partial charge in [-0.15, -0.1) is 0 Å². The maximum absolute atomic E-state index is 12.3. The summed E-state index contributed by atoms with van der Waals surface area (Å²) in [4.78, 5) is 14.8. The second-order valence-corrected chi connectivity index (χ2v) is 7.60. The fraction of sp³-hybridized carbons (Fsp3) is 0.476. The molecule has 1 saturated heterocycles. The molecule has 5 nitrogen and oxygen atoms in total. The van der Waals surface area contributed by atoms with Crippen LogP contribution in [0.25, 0.3) is 0 Å². The van der Waals surface area contributed by atoms with Crippen molar-refractivity contribution in [1.29, 1.82) is 0 Å². The first-order chi connectivity index (χ1) is 12.5. The van der Waals surface area contributed by atoms with E-state index in [1.54, 1.807) is 6.07 Å². The number of amides is 1. The summed E-state index contributed by atoms with van der Waals surface area (Å²) >= 11 is 0. The highest BCUT2D eigenvalue weighted by Gasteiger charge is 2.22. The molecule has 2 aromatic rings. The molecule has 3 rings (SSSR count). The van der Waals surface area contributed by atoms with Gasteiger partial charge < -0.3 is 15.5 Å². The number of hydrogen-bond donors (Lipinski definition) is 2. The zero-order chi connectivity index (χ0) is 18.5. The third kappa shape index (κ3) is 4.74. The largest absolute Gasteiger partial charge is 0.467 e. The first-order valence-electron chi connectivity index (χ1n) is 9.40. The average Bonchev–Trinajstić information content (AvgIpc) is 3.09. The molecule has 26 heavy (non-hydrogen) atoms. The van der Waals surface area contributed by atoms with Gasteiger partial charge in [0.05, 0.1) is 12.1 Å². The van der Waals surface area contributed by atoms with Crippen LogP contribution < -0.4 is 11.1 Å². The molecule has 2 unspecified atom stereocenters. The van der Waals surface area contributed by atoms with E-state index in [0.717, 1.165) is 37.0 Å². The van der Waals surface area contributed by atoms with Crippen molar-refractivity contribution in [3.63, 3.8) is 0 Å². The van der Waals surface area contributed by atoms with Crippen LogP contribution >= 0.6 is 0 Å². The van der Waals surface area contributed by atoms with Crippen molar-refractivity contribution >= 4 is 5.91 Å². The van der Waals surface area contributed by atoms with Crippen LogP contribution in [0.3, 0.4) is 0 Å². The summed E-state index contributed by atoms with van der Waals surface area (Å²) in [7, 11) is 0. The van der Waals surface area contributed by atoms with Gasteiger partial charge in [0.2, 0.25) is 0 Å². The summed E-state index contributed by atoms with van der Waals surface area (Å²) in [6, 6.07) is 10.0. The maximum Gasteiger partial charge on any atom is 0.254 e. The molecule has 0 radical (unpaired) electrons. The Morgan fingerprint density at radius 3 is 2.58 bits per heavy atom. The standard InChI is InChI=1S/C21H29N3O2/c1-15-7-16(2)12-24(11-15)13-18-6-4-3-5-17(18)10-23-21(25)19-8-20(9-22)26-14-19/h3-6,8,14-16H,7,9-13,22H2,1-2H3,(H,23,25). The van der Waals surface area contributed by atoms with E-state index in [1.165, 1.54) is 18.2 Å². The van der Waals surface area contributed by atoms with Crippen LogP contribution in [-0.2, 0) is 19.6 Å². The van der Waals surface area contributed by atoms with Crippen LogP contribution in [0.1, 0.15) is 47.5 Å². The van der Waals surface area contributed by atoms with Crippen LogP contribution in [0.15, 0.2) is 41.0 Å². The van der Waals surface area contributed by atoms with Crippen molar-refractivity contribution in [3.05, 3.63) is 59.0 Å². The van der Waals surface area contributed by atoms with Gasteiger partial charge in [0.25, 0.3) is 5.91 Å². The Bertz CT molecular complexity index is 730. The van der Waals surface area contributed by atoms with Gasteiger partial charge in [0, 0.05) is 26.2 Å². The van der Waals surface area contributed by atoms with Crippen LogP contribution in [0, 0.1) is 11.8 Å². The Morgan fingerprint density at radius 2 is 1.92 bits per heavy atom. The number of benzene rings is 1. The monoisotopic (exact) mass is 355 g/mol. The minimum Gasteiger partial charge on any atom is -0.467 e. The molecule has 2 heterocycles. The van der Waals surface area contributed by atoms with E-state index < -0.39 is 0 Å². The first kappa shape index (κ1) is 18.7. The predicted molar refractivity (Wildman–Crippen MR) is 102 cm³/mol. The lowest BCUT2D eigenvalue weighted by atomic mass is 9.91. The maximum atomic E-state index is 12.3. The first-order valence-corrected chi connectivity index (χ1v) is 9.40. The minimum absolute atomic E-state index is 0.136. The lowest BCUT2D eigenvalue weighted by molar-refractivity contribution is 0.0950. The normalized spacial score (nSPS) is 20.9. The molecule has 0 bridgehead atoms. The van der Waals surface area contributed by atoms with E-state index in [4.69, 9.17) is 10.2 Å². The van der Waals surface area contributed by atoms with Crippen LogP contribution in [0.5, 0.6) is 0 Å². The van der Waals surface area contributed by atoms with E-state index in [0.29, 0.717) is 24.4 Å². The van der Waals surface area contributed by atoms with E-state index in [-0.39, 0.29) is 5.91 Å². The second kappa shape index (κ2) is 8.52. The van der Waals surface area contributed by atoms with Gasteiger partial charge in [-0.2, -0.15) is 0 Å². The summed E-state index contributed by atoms with van der Waals surface area (Å²) in [5, 5.41) is 2.99. The number of nitrogens with zero attached hydrogens (tertiary/aromatic N) is 1. The molecule has 1 aromatic heterocycles. The smallest absolute Gasteiger partial charge is 0.254 e. The van der Waals surface area contributed by atoms with Crippen LogP contribution in [0.4, 0.5) is 0 Å². The third-order valence-electron chi connectivity index (χ3n) is 5.01.